The second-order valence-corrected chi connectivity index (χ2v) is 4.45. The Bertz CT molecular complexity index is 531. The molecular formula is C14H17F2N3. The Kier molecular flexibility index (Phi) is 4.27. The molecule has 0 fully saturated rings. The van der Waals surface area contributed by atoms with Gasteiger partial charge in [-0.2, -0.15) is 0 Å². The van der Waals surface area contributed by atoms with Gasteiger partial charge < -0.3 is 9.88 Å². The van der Waals surface area contributed by atoms with Crippen molar-refractivity contribution in [1.82, 2.24) is 14.9 Å². The fraction of sp³-hybridized carbons (Fsp3) is 0.357. The first-order chi connectivity index (χ1) is 9.15. The zero-order valence-electron chi connectivity index (χ0n) is 11.0. The van der Waals surface area contributed by atoms with E-state index in [-0.39, 0.29) is 5.56 Å². The Labute approximate surface area is 111 Å². The molecule has 1 aromatic carbocycles. The second-order valence-electron chi connectivity index (χ2n) is 4.45. The van der Waals surface area contributed by atoms with Gasteiger partial charge in [0.05, 0.1) is 24.3 Å². The molecule has 1 unspecified atom stereocenters. The maximum atomic E-state index is 13.9. The highest BCUT2D eigenvalue weighted by Crippen LogP contribution is 2.26. The van der Waals surface area contributed by atoms with Crippen LogP contribution in [-0.2, 0) is 7.05 Å². The summed E-state index contributed by atoms with van der Waals surface area (Å²) in [6, 6.07) is 3.38. The summed E-state index contributed by atoms with van der Waals surface area (Å²) in [6.45, 7) is 2.68. The Morgan fingerprint density at radius 1 is 1.32 bits per heavy atom. The maximum absolute atomic E-state index is 13.9. The quantitative estimate of drug-likeness (QED) is 0.901. The minimum atomic E-state index is -0.546. The van der Waals surface area contributed by atoms with E-state index >= 15 is 0 Å². The molecule has 1 aromatic heterocycles. The van der Waals surface area contributed by atoms with Crippen LogP contribution in [0.15, 0.2) is 30.7 Å². The molecule has 0 saturated carbocycles. The number of aryl methyl sites for hydroxylation is 1. The van der Waals surface area contributed by atoms with Crippen LogP contribution in [0.25, 0.3) is 0 Å². The predicted octanol–water partition coefficient (Wildman–Crippen LogP) is 2.79. The highest BCUT2D eigenvalue weighted by molar-refractivity contribution is 5.30. The van der Waals surface area contributed by atoms with E-state index in [1.54, 1.807) is 17.1 Å². The summed E-state index contributed by atoms with van der Waals surface area (Å²) < 4.78 is 29.6. The first-order valence-corrected chi connectivity index (χ1v) is 6.28. The lowest BCUT2D eigenvalue weighted by molar-refractivity contribution is 0.491. The van der Waals surface area contributed by atoms with E-state index in [1.165, 1.54) is 18.2 Å². The predicted molar refractivity (Wildman–Crippen MR) is 69.7 cm³/mol. The van der Waals surface area contributed by atoms with Gasteiger partial charge in [0.15, 0.2) is 0 Å². The van der Waals surface area contributed by atoms with E-state index in [2.05, 4.69) is 10.3 Å². The van der Waals surface area contributed by atoms with Crippen LogP contribution in [0.3, 0.4) is 0 Å². The van der Waals surface area contributed by atoms with Crippen molar-refractivity contribution in [2.45, 2.75) is 19.4 Å². The maximum Gasteiger partial charge on any atom is 0.131 e. The lowest BCUT2D eigenvalue weighted by atomic mass is 10.0. The van der Waals surface area contributed by atoms with Crippen molar-refractivity contribution in [1.29, 1.82) is 0 Å². The molecule has 0 saturated heterocycles. The smallest absolute Gasteiger partial charge is 0.131 e. The van der Waals surface area contributed by atoms with Gasteiger partial charge in [0, 0.05) is 12.6 Å². The number of nitrogens with one attached hydrogen (secondary N) is 1. The molecular weight excluding hydrogens is 248 g/mol. The van der Waals surface area contributed by atoms with Crippen molar-refractivity contribution in [3.8, 4) is 0 Å². The normalized spacial score (nSPS) is 12.6. The van der Waals surface area contributed by atoms with Gasteiger partial charge in [-0.25, -0.2) is 13.8 Å². The summed E-state index contributed by atoms with van der Waals surface area (Å²) in [6.07, 6.45) is 4.12. The minimum Gasteiger partial charge on any atom is -0.336 e. The molecule has 1 N–H and O–H groups in total. The van der Waals surface area contributed by atoms with Crippen LogP contribution in [0.1, 0.15) is 30.6 Å². The van der Waals surface area contributed by atoms with Gasteiger partial charge in [-0.3, -0.25) is 0 Å². The third-order valence-corrected chi connectivity index (χ3v) is 3.04. The van der Waals surface area contributed by atoms with Crippen LogP contribution < -0.4 is 5.32 Å². The van der Waals surface area contributed by atoms with E-state index in [4.69, 9.17) is 0 Å². The highest BCUT2D eigenvalue weighted by Gasteiger charge is 2.23. The first-order valence-electron chi connectivity index (χ1n) is 6.28. The Hall–Kier alpha value is -1.75. The first kappa shape index (κ1) is 13.7. The van der Waals surface area contributed by atoms with Gasteiger partial charge in [0.1, 0.15) is 11.6 Å². The zero-order chi connectivity index (χ0) is 13.8. The van der Waals surface area contributed by atoms with Crippen molar-refractivity contribution in [3.05, 3.63) is 53.6 Å². The molecule has 5 heteroatoms. The van der Waals surface area contributed by atoms with Gasteiger partial charge in [-0.05, 0) is 25.1 Å². The second kappa shape index (κ2) is 5.93. The molecule has 1 heterocycles. The molecule has 102 valence electrons. The standard InChI is InChI=1S/C14H17F2N3/c1-3-7-18-14(12-8-17-9-19(12)2)13-10(15)5-4-6-11(13)16/h4-6,8-9,14,18H,3,7H2,1-2H3. The minimum absolute atomic E-state index is 0.0413. The molecule has 0 amide bonds. The summed E-state index contributed by atoms with van der Waals surface area (Å²) in [7, 11) is 1.81. The van der Waals surface area contributed by atoms with Crippen LogP contribution in [0.4, 0.5) is 8.78 Å². The number of hydrogen-bond acceptors (Lipinski definition) is 2. The number of halogens is 2. The molecule has 2 aromatic rings. The van der Waals surface area contributed by atoms with Crippen LogP contribution in [0.2, 0.25) is 0 Å². The summed E-state index contributed by atoms with van der Waals surface area (Å²) in [5.74, 6) is -1.09. The molecule has 0 radical (unpaired) electrons. The number of aromatic nitrogens is 2. The van der Waals surface area contributed by atoms with Crippen LogP contribution in [0, 0.1) is 11.6 Å². The lowest BCUT2D eigenvalue weighted by Crippen LogP contribution is -2.26. The molecule has 19 heavy (non-hydrogen) atoms. The van der Waals surface area contributed by atoms with Crippen molar-refractivity contribution in [2.75, 3.05) is 6.54 Å². The van der Waals surface area contributed by atoms with Crippen molar-refractivity contribution < 1.29 is 8.78 Å². The lowest BCUT2D eigenvalue weighted by Gasteiger charge is -2.20. The Morgan fingerprint density at radius 3 is 2.53 bits per heavy atom. The van der Waals surface area contributed by atoms with Crippen LogP contribution >= 0.6 is 0 Å². The number of hydrogen-bond donors (Lipinski definition) is 1. The van der Waals surface area contributed by atoms with Crippen LogP contribution in [0.5, 0.6) is 0 Å². The van der Waals surface area contributed by atoms with Gasteiger partial charge in [0.25, 0.3) is 0 Å². The Balaban J connectivity index is 2.46. The molecule has 1 atom stereocenters. The van der Waals surface area contributed by atoms with E-state index < -0.39 is 17.7 Å². The monoisotopic (exact) mass is 265 g/mol. The van der Waals surface area contributed by atoms with Crippen molar-refractivity contribution in [2.24, 2.45) is 7.05 Å². The average molecular weight is 265 g/mol. The van der Waals surface area contributed by atoms with E-state index in [0.717, 1.165) is 12.1 Å². The third-order valence-electron chi connectivity index (χ3n) is 3.04. The zero-order valence-corrected chi connectivity index (χ0v) is 11.0. The van der Waals surface area contributed by atoms with Gasteiger partial charge in [-0.1, -0.05) is 13.0 Å². The topological polar surface area (TPSA) is 29.9 Å². The van der Waals surface area contributed by atoms with Crippen molar-refractivity contribution in [3.63, 3.8) is 0 Å². The summed E-state index contributed by atoms with van der Waals surface area (Å²) in [5, 5.41) is 3.17. The molecule has 0 aliphatic heterocycles. The average Bonchev–Trinajstić information content (AvgIpc) is 2.79. The molecule has 0 spiro atoms. The summed E-state index contributed by atoms with van der Waals surface area (Å²) >= 11 is 0. The van der Waals surface area contributed by atoms with Crippen molar-refractivity contribution >= 4 is 0 Å². The fourth-order valence-electron chi connectivity index (χ4n) is 2.08. The van der Waals surface area contributed by atoms with Crippen LogP contribution in [-0.4, -0.2) is 16.1 Å². The largest absolute Gasteiger partial charge is 0.336 e. The SMILES string of the molecule is CCCNC(c1c(F)cccc1F)c1cncn1C. The van der Waals surface area contributed by atoms with Gasteiger partial charge in [0.2, 0.25) is 0 Å². The molecule has 3 nitrogen and oxygen atoms in total. The van der Waals surface area contributed by atoms with Gasteiger partial charge in [-0.15, -0.1) is 0 Å². The number of benzene rings is 1. The molecule has 0 aliphatic rings. The Morgan fingerprint density at radius 2 is 2.00 bits per heavy atom. The third kappa shape index (κ3) is 2.81. The highest BCUT2D eigenvalue weighted by atomic mass is 19.1. The molecule has 2 rings (SSSR count). The summed E-state index contributed by atoms with van der Waals surface area (Å²) in [4.78, 5) is 4.01. The van der Waals surface area contributed by atoms with E-state index in [0.29, 0.717) is 6.54 Å². The number of rotatable bonds is 5. The number of nitrogens with zero attached hydrogens (tertiary/aromatic N) is 2. The van der Waals surface area contributed by atoms with E-state index in [9.17, 15) is 8.78 Å². The molecule has 0 aliphatic carbocycles. The molecule has 0 bridgehead atoms. The fourth-order valence-corrected chi connectivity index (χ4v) is 2.08. The van der Waals surface area contributed by atoms with E-state index in [1.807, 2.05) is 14.0 Å². The van der Waals surface area contributed by atoms with Gasteiger partial charge >= 0.3 is 0 Å². The number of imidazole rings is 1. The summed E-state index contributed by atoms with van der Waals surface area (Å²) in [5.41, 5.74) is 0.775.